The van der Waals surface area contributed by atoms with Gasteiger partial charge in [0.1, 0.15) is 11.5 Å². The molecule has 0 aliphatic rings. The summed E-state index contributed by atoms with van der Waals surface area (Å²) in [5, 5.41) is 3.69. The number of hydrogen-bond acceptors (Lipinski definition) is 6. The Hall–Kier alpha value is -2.21. The van der Waals surface area contributed by atoms with Crippen LogP contribution in [0.1, 0.15) is 5.56 Å². The molecule has 6 heteroatoms. The minimum absolute atomic E-state index is 0.309. The third kappa shape index (κ3) is 2.48. The van der Waals surface area contributed by atoms with Crippen LogP contribution in [0, 0.1) is 0 Å². The van der Waals surface area contributed by atoms with Gasteiger partial charge in [-0.05, 0) is 12.1 Å². The van der Waals surface area contributed by atoms with Crippen molar-refractivity contribution in [3.63, 3.8) is 0 Å². The molecule has 0 bridgehead atoms. The van der Waals surface area contributed by atoms with Crippen molar-refractivity contribution in [2.75, 3.05) is 27.1 Å². The van der Waals surface area contributed by atoms with Gasteiger partial charge in [-0.2, -0.15) is 0 Å². The number of hydrogen-bond donors (Lipinski definition) is 1. The first-order valence-corrected chi connectivity index (χ1v) is 5.66. The first-order valence-electron chi connectivity index (χ1n) is 5.66. The van der Waals surface area contributed by atoms with Gasteiger partial charge in [0.2, 0.25) is 0 Å². The van der Waals surface area contributed by atoms with E-state index in [2.05, 4.69) is 5.16 Å². The quantitative estimate of drug-likeness (QED) is 0.890. The molecule has 1 heterocycles. The van der Waals surface area contributed by atoms with E-state index in [1.54, 1.807) is 33.5 Å². The lowest BCUT2D eigenvalue weighted by Gasteiger charge is -2.14. The molecular weight excluding hydrogens is 248 g/mol. The van der Waals surface area contributed by atoms with E-state index in [9.17, 15) is 0 Å². The van der Waals surface area contributed by atoms with Gasteiger partial charge >= 0.3 is 0 Å². The van der Waals surface area contributed by atoms with Gasteiger partial charge < -0.3 is 24.5 Å². The van der Waals surface area contributed by atoms with Crippen molar-refractivity contribution in [3.8, 4) is 22.8 Å². The van der Waals surface area contributed by atoms with Crippen molar-refractivity contribution in [1.82, 2.24) is 5.16 Å². The molecule has 0 amide bonds. The molecule has 102 valence electrons. The van der Waals surface area contributed by atoms with Crippen LogP contribution in [0.5, 0.6) is 11.5 Å². The third-order valence-electron chi connectivity index (χ3n) is 2.73. The number of nitrogen functional groups attached to an aromatic ring is 1. The smallest absolute Gasteiger partial charge is 0.173 e. The Morgan fingerprint density at radius 2 is 1.84 bits per heavy atom. The number of ether oxygens (including phenoxy) is 3. The van der Waals surface area contributed by atoms with Crippen LogP contribution in [0.15, 0.2) is 22.7 Å². The van der Waals surface area contributed by atoms with E-state index < -0.39 is 0 Å². The fourth-order valence-electron chi connectivity index (χ4n) is 1.93. The van der Waals surface area contributed by atoms with E-state index >= 15 is 0 Å². The van der Waals surface area contributed by atoms with Crippen LogP contribution < -0.4 is 15.2 Å². The molecule has 0 unspecified atom stereocenters. The first kappa shape index (κ1) is 13.2. The van der Waals surface area contributed by atoms with E-state index in [1.807, 2.05) is 6.07 Å². The second-order valence-electron chi connectivity index (χ2n) is 3.87. The minimum Gasteiger partial charge on any atom is -0.496 e. The van der Waals surface area contributed by atoms with Gasteiger partial charge in [-0.25, -0.2) is 0 Å². The number of aromatic nitrogens is 1. The lowest BCUT2D eigenvalue weighted by Crippen LogP contribution is -1.99. The van der Waals surface area contributed by atoms with Crippen molar-refractivity contribution in [2.45, 2.75) is 6.61 Å². The molecule has 6 nitrogen and oxygen atoms in total. The highest BCUT2D eigenvalue weighted by atomic mass is 16.5. The summed E-state index contributed by atoms with van der Waals surface area (Å²) in [6.45, 7) is 0.357. The molecule has 0 aliphatic heterocycles. The molecule has 2 aromatic rings. The normalized spacial score (nSPS) is 10.5. The Bertz CT molecular complexity index is 566. The highest BCUT2D eigenvalue weighted by Crippen LogP contribution is 2.39. The van der Waals surface area contributed by atoms with Crippen LogP contribution in [0.2, 0.25) is 0 Å². The van der Waals surface area contributed by atoms with Gasteiger partial charge in [-0.15, -0.1) is 0 Å². The number of rotatable bonds is 5. The molecular formula is C13H16N2O4. The van der Waals surface area contributed by atoms with Crippen molar-refractivity contribution < 1.29 is 18.7 Å². The van der Waals surface area contributed by atoms with Crippen molar-refractivity contribution in [2.24, 2.45) is 0 Å². The molecule has 0 atom stereocenters. The molecule has 0 spiro atoms. The second-order valence-corrected chi connectivity index (χ2v) is 3.87. The zero-order valence-corrected chi connectivity index (χ0v) is 11.1. The summed E-state index contributed by atoms with van der Waals surface area (Å²) in [7, 11) is 4.79. The lowest BCUT2D eigenvalue weighted by molar-refractivity contribution is 0.181. The molecule has 2 N–H and O–H groups in total. The van der Waals surface area contributed by atoms with Gasteiger partial charge in [-0.1, -0.05) is 5.16 Å². The third-order valence-corrected chi connectivity index (χ3v) is 2.73. The Labute approximate surface area is 111 Å². The Balaban J connectivity index is 2.66. The van der Waals surface area contributed by atoms with Crippen LogP contribution in [0.25, 0.3) is 11.3 Å². The highest BCUT2D eigenvalue weighted by molar-refractivity contribution is 5.74. The van der Waals surface area contributed by atoms with Gasteiger partial charge in [0.25, 0.3) is 0 Å². The van der Waals surface area contributed by atoms with Crippen molar-refractivity contribution in [3.05, 3.63) is 23.8 Å². The topological polar surface area (TPSA) is 79.7 Å². The van der Waals surface area contributed by atoms with Crippen LogP contribution >= 0.6 is 0 Å². The van der Waals surface area contributed by atoms with E-state index in [-0.39, 0.29) is 0 Å². The largest absolute Gasteiger partial charge is 0.496 e. The summed E-state index contributed by atoms with van der Waals surface area (Å²) in [6, 6.07) is 5.25. The summed E-state index contributed by atoms with van der Waals surface area (Å²) in [5.41, 5.74) is 7.14. The van der Waals surface area contributed by atoms with E-state index in [0.717, 1.165) is 11.1 Å². The predicted molar refractivity (Wildman–Crippen MR) is 70.2 cm³/mol. The minimum atomic E-state index is 0.309. The zero-order chi connectivity index (χ0) is 13.8. The molecule has 0 aliphatic carbocycles. The van der Waals surface area contributed by atoms with Gasteiger partial charge in [0.15, 0.2) is 11.6 Å². The molecule has 1 aromatic heterocycles. The molecule has 19 heavy (non-hydrogen) atoms. The lowest BCUT2D eigenvalue weighted by atomic mass is 10.0. The number of methoxy groups -OCH3 is 3. The maximum absolute atomic E-state index is 5.59. The van der Waals surface area contributed by atoms with Gasteiger partial charge in [-0.3, -0.25) is 0 Å². The van der Waals surface area contributed by atoms with Crippen LogP contribution in [0.4, 0.5) is 5.82 Å². The van der Waals surface area contributed by atoms with E-state index in [0.29, 0.717) is 29.7 Å². The molecule has 0 saturated heterocycles. The fraction of sp³-hybridized carbons (Fsp3) is 0.308. The number of nitrogens with zero attached hydrogens (tertiary/aromatic N) is 1. The first-order chi connectivity index (χ1) is 9.21. The molecule has 0 fully saturated rings. The van der Waals surface area contributed by atoms with Crippen molar-refractivity contribution in [1.29, 1.82) is 0 Å². The number of anilines is 1. The summed E-state index contributed by atoms with van der Waals surface area (Å²) < 4.78 is 21.1. The Morgan fingerprint density at radius 1 is 1.16 bits per heavy atom. The summed E-state index contributed by atoms with van der Waals surface area (Å²) >= 11 is 0. The monoisotopic (exact) mass is 264 g/mol. The Morgan fingerprint density at radius 3 is 2.37 bits per heavy atom. The van der Waals surface area contributed by atoms with Crippen LogP contribution in [-0.2, 0) is 11.3 Å². The summed E-state index contributed by atoms with van der Waals surface area (Å²) in [6.07, 6.45) is 0. The van der Waals surface area contributed by atoms with Crippen molar-refractivity contribution >= 4 is 5.82 Å². The van der Waals surface area contributed by atoms with Gasteiger partial charge in [0, 0.05) is 18.7 Å². The van der Waals surface area contributed by atoms with Gasteiger partial charge in [0.05, 0.1) is 26.4 Å². The van der Waals surface area contributed by atoms with Crippen LogP contribution in [0.3, 0.4) is 0 Å². The standard InChI is InChI=1S/C13H16N2O4/c1-16-7-8-9(17-2)4-5-10(18-3)13(8)11-6-12(14)15-19-11/h4-6H,7H2,1-3H3,(H2,14,15). The maximum atomic E-state index is 5.59. The molecule has 0 saturated carbocycles. The average molecular weight is 264 g/mol. The maximum Gasteiger partial charge on any atom is 0.173 e. The number of nitrogens with two attached hydrogens (primary N) is 1. The van der Waals surface area contributed by atoms with E-state index in [1.165, 1.54) is 0 Å². The summed E-state index contributed by atoms with van der Waals surface area (Å²) in [5.74, 6) is 2.15. The second kappa shape index (κ2) is 5.62. The Kier molecular flexibility index (Phi) is 3.91. The average Bonchev–Trinajstić information content (AvgIpc) is 2.84. The van der Waals surface area contributed by atoms with Crippen LogP contribution in [-0.4, -0.2) is 26.5 Å². The molecule has 0 radical (unpaired) electrons. The molecule has 2 rings (SSSR count). The number of benzene rings is 1. The predicted octanol–water partition coefficient (Wildman–Crippen LogP) is 2.09. The highest BCUT2D eigenvalue weighted by Gasteiger charge is 2.20. The fourth-order valence-corrected chi connectivity index (χ4v) is 1.93. The summed E-state index contributed by atoms with van der Waals surface area (Å²) in [4.78, 5) is 0. The molecule has 1 aromatic carbocycles. The SMILES string of the molecule is COCc1c(OC)ccc(OC)c1-c1cc(N)no1. The zero-order valence-electron chi connectivity index (χ0n) is 11.1. The van der Waals surface area contributed by atoms with E-state index in [4.69, 9.17) is 24.5 Å².